The molecule has 0 spiro atoms. The van der Waals surface area contributed by atoms with Gasteiger partial charge in [-0.15, -0.1) is 0 Å². The Morgan fingerprint density at radius 2 is 1.88 bits per heavy atom. The Morgan fingerprint density at radius 1 is 1.18 bits per heavy atom. The van der Waals surface area contributed by atoms with E-state index in [1.165, 1.54) is 34.2 Å². The minimum atomic E-state index is -0.586. The maximum absolute atomic E-state index is 13.3. The van der Waals surface area contributed by atoms with Crippen molar-refractivity contribution in [3.05, 3.63) is 33.8 Å². The maximum Gasteiger partial charge on any atom is 0.270 e. The molecule has 34 heavy (non-hydrogen) atoms. The number of fused-ring (bicyclic) bond motifs is 1. The van der Waals surface area contributed by atoms with Crippen LogP contribution in [-0.2, 0) is 11.3 Å². The Bertz CT molecular complexity index is 1200. The van der Waals surface area contributed by atoms with Gasteiger partial charge in [-0.3, -0.25) is 23.9 Å². The van der Waals surface area contributed by atoms with Crippen LogP contribution >= 0.6 is 0 Å². The van der Waals surface area contributed by atoms with Crippen LogP contribution in [0.5, 0.6) is 5.88 Å². The van der Waals surface area contributed by atoms with E-state index in [1.54, 1.807) is 6.08 Å². The standard InChI is InChI=1S/C24H32N6O4/c1-15(2)14-29-22-16(3-8-19(31)28-11-9-27(10-12-28)18-6-7-18)13-25-30(22)24(34)20(23(29)33)21(32)26-17-4-5-17/h3,8,13,15,17-18,34H,4-7,9-12,14H2,1-2H3,(H,26,32). The molecular formula is C24H32N6O4. The van der Waals surface area contributed by atoms with Gasteiger partial charge in [0, 0.05) is 56.4 Å². The van der Waals surface area contributed by atoms with Gasteiger partial charge in [-0.25, -0.2) is 0 Å². The number of nitrogens with zero attached hydrogens (tertiary/aromatic N) is 5. The van der Waals surface area contributed by atoms with Crippen molar-refractivity contribution in [2.24, 2.45) is 5.92 Å². The summed E-state index contributed by atoms with van der Waals surface area (Å²) in [6.45, 7) is 7.48. The third kappa shape index (κ3) is 4.46. The molecule has 0 bridgehead atoms. The Hall–Kier alpha value is -3.14. The van der Waals surface area contributed by atoms with Gasteiger partial charge in [-0.2, -0.15) is 9.61 Å². The highest BCUT2D eigenvalue weighted by Crippen LogP contribution is 2.27. The Kier molecular flexibility index (Phi) is 5.93. The lowest BCUT2D eigenvalue weighted by Crippen LogP contribution is -2.48. The number of nitrogens with one attached hydrogen (secondary N) is 1. The predicted octanol–water partition coefficient (Wildman–Crippen LogP) is 1.07. The topological polar surface area (TPSA) is 112 Å². The summed E-state index contributed by atoms with van der Waals surface area (Å²) < 4.78 is 2.68. The lowest BCUT2D eigenvalue weighted by molar-refractivity contribution is -0.127. The second-order valence-corrected chi connectivity index (χ2v) is 10.0. The number of aromatic nitrogens is 3. The molecule has 2 aromatic rings. The maximum atomic E-state index is 13.3. The smallest absolute Gasteiger partial charge is 0.270 e. The third-order valence-corrected chi connectivity index (χ3v) is 6.69. The number of piperazine rings is 1. The molecule has 0 aromatic carbocycles. The fourth-order valence-corrected chi connectivity index (χ4v) is 4.56. The molecule has 182 valence electrons. The monoisotopic (exact) mass is 468 g/mol. The van der Waals surface area contributed by atoms with Crippen LogP contribution in [0.1, 0.15) is 55.5 Å². The minimum absolute atomic E-state index is 0.0498. The molecule has 2 amide bonds. The molecule has 2 N–H and O–H groups in total. The van der Waals surface area contributed by atoms with Gasteiger partial charge in [0.2, 0.25) is 11.8 Å². The van der Waals surface area contributed by atoms with E-state index in [2.05, 4.69) is 15.3 Å². The zero-order valence-electron chi connectivity index (χ0n) is 19.7. The van der Waals surface area contributed by atoms with Gasteiger partial charge in [-0.1, -0.05) is 13.8 Å². The van der Waals surface area contributed by atoms with Crippen LogP contribution in [0.2, 0.25) is 0 Å². The summed E-state index contributed by atoms with van der Waals surface area (Å²) in [5.74, 6) is -1.04. The zero-order chi connectivity index (χ0) is 24.0. The molecule has 0 unspecified atom stereocenters. The Balaban J connectivity index is 1.44. The summed E-state index contributed by atoms with van der Waals surface area (Å²) in [5, 5.41) is 17.8. The highest BCUT2D eigenvalue weighted by Gasteiger charge is 2.32. The zero-order valence-corrected chi connectivity index (χ0v) is 19.7. The molecule has 5 rings (SSSR count). The predicted molar refractivity (Wildman–Crippen MR) is 127 cm³/mol. The third-order valence-electron chi connectivity index (χ3n) is 6.69. The van der Waals surface area contributed by atoms with Crippen molar-refractivity contribution in [3.8, 4) is 5.88 Å². The number of carbonyl (C=O) groups is 2. The van der Waals surface area contributed by atoms with Crippen molar-refractivity contribution in [1.29, 1.82) is 0 Å². The summed E-state index contributed by atoms with van der Waals surface area (Å²) in [4.78, 5) is 43.1. The number of carbonyl (C=O) groups excluding carboxylic acids is 2. The van der Waals surface area contributed by atoms with Crippen molar-refractivity contribution in [2.45, 2.75) is 58.2 Å². The molecule has 3 heterocycles. The fraction of sp³-hybridized carbons (Fsp3) is 0.583. The first-order valence-electron chi connectivity index (χ1n) is 12.2. The number of hydrogen-bond donors (Lipinski definition) is 2. The van der Waals surface area contributed by atoms with E-state index < -0.39 is 17.3 Å². The molecule has 10 heteroatoms. The van der Waals surface area contributed by atoms with E-state index in [-0.39, 0.29) is 23.4 Å². The van der Waals surface area contributed by atoms with Gasteiger partial charge in [0.1, 0.15) is 5.65 Å². The van der Waals surface area contributed by atoms with E-state index in [4.69, 9.17) is 0 Å². The van der Waals surface area contributed by atoms with Crippen molar-refractivity contribution in [3.63, 3.8) is 0 Å². The van der Waals surface area contributed by atoms with E-state index in [9.17, 15) is 19.5 Å². The molecule has 0 radical (unpaired) electrons. The first-order chi connectivity index (χ1) is 16.3. The summed E-state index contributed by atoms with van der Waals surface area (Å²) >= 11 is 0. The van der Waals surface area contributed by atoms with E-state index in [0.717, 1.165) is 25.9 Å². The number of hydrogen-bond acceptors (Lipinski definition) is 6. The molecule has 2 aliphatic carbocycles. The van der Waals surface area contributed by atoms with Crippen molar-refractivity contribution < 1.29 is 14.7 Å². The van der Waals surface area contributed by atoms with Crippen LogP contribution in [-0.4, -0.2) is 79.2 Å². The van der Waals surface area contributed by atoms with Gasteiger partial charge in [-0.05, 0) is 37.7 Å². The quantitative estimate of drug-likeness (QED) is 0.588. The van der Waals surface area contributed by atoms with Crippen molar-refractivity contribution in [1.82, 2.24) is 29.3 Å². The van der Waals surface area contributed by atoms with Gasteiger partial charge in [0.25, 0.3) is 11.5 Å². The molecule has 2 aromatic heterocycles. The van der Waals surface area contributed by atoms with E-state index >= 15 is 0 Å². The van der Waals surface area contributed by atoms with Gasteiger partial charge in [0.05, 0.1) is 6.20 Å². The van der Waals surface area contributed by atoms with Crippen LogP contribution in [0.25, 0.3) is 11.7 Å². The molecular weight excluding hydrogens is 436 g/mol. The second-order valence-electron chi connectivity index (χ2n) is 10.0. The summed E-state index contributed by atoms with van der Waals surface area (Å²) in [5.41, 5.74) is 0.0340. The Labute approximate surface area is 197 Å². The molecule has 0 atom stereocenters. The molecule has 1 aliphatic heterocycles. The molecule has 2 saturated carbocycles. The highest BCUT2D eigenvalue weighted by atomic mass is 16.3. The average molecular weight is 469 g/mol. The van der Waals surface area contributed by atoms with Crippen LogP contribution in [0.4, 0.5) is 0 Å². The van der Waals surface area contributed by atoms with Crippen molar-refractivity contribution >= 4 is 23.5 Å². The Morgan fingerprint density at radius 3 is 2.50 bits per heavy atom. The largest absolute Gasteiger partial charge is 0.492 e. The number of amides is 2. The van der Waals surface area contributed by atoms with Crippen LogP contribution in [0.3, 0.4) is 0 Å². The van der Waals surface area contributed by atoms with Crippen LogP contribution in [0.15, 0.2) is 17.1 Å². The first kappa shape index (κ1) is 22.6. The first-order valence-corrected chi connectivity index (χ1v) is 12.2. The van der Waals surface area contributed by atoms with E-state index in [0.29, 0.717) is 36.9 Å². The number of aromatic hydroxyl groups is 1. The summed E-state index contributed by atoms with van der Waals surface area (Å²) in [6, 6.07) is 0.752. The highest BCUT2D eigenvalue weighted by molar-refractivity contribution is 5.97. The second kappa shape index (κ2) is 8.90. The van der Waals surface area contributed by atoms with Crippen molar-refractivity contribution in [2.75, 3.05) is 26.2 Å². The molecule has 1 saturated heterocycles. The average Bonchev–Trinajstić information content (AvgIpc) is 3.74. The normalized spacial score (nSPS) is 19.4. The van der Waals surface area contributed by atoms with Crippen LogP contribution < -0.4 is 10.9 Å². The minimum Gasteiger partial charge on any atom is -0.492 e. The molecule has 3 aliphatic rings. The number of rotatable bonds is 7. The lowest BCUT2D eigenvalue weighted by atomic mass is 10.2. The lowest BCUT2D eigenvalue weighted by Gasteiger charge is -2.34. The van der Waals surface area contributed by atoms with E-state index in [1.807, 2.05) is 18.7 Å². The van der Waals surface area contributed by atoms with Gasteiger partial charge in [0.15, 0.2) is 5.56 Å². The summed E-state index contributed by atoms with van der Waals surface area (Å²) in [7, 11) is 0. The summed E-state index contributed by atoms with van der Waals surface area (Å²) in [6.07, 6.45) is 8.90. The van der Waals surface area contributed by atoms with Gasteiger partial charge >= 0.3 is 0 Å². The SMILES string of the molecule is CC(C)Cn1c(=O)c(C(=O)NC2CC2)c(O)n2ncc(C=CC(=O)N3CCN(C4CC4)CC3)c12. The molecule has 3 fully saturated rings. The fourth-order valence-electron chi connectivity index (χ4n) is 4.56. The molecule has 10 nitrogen and oxygen atoms in total. The van der Waals surface area contributed by atoms with Crippen LogP contribution in [0, 0.1) is 5.92 Å². The van der Waals surface area contributed by atoms with Gasteiger partial charge < -0.3 is 15.3 Å².